The molecular formula is C22H28Cl2FN3O2. The van der Waals surface area contributed by atoms with Crippen molar-refractivity contribution in [3.8, 4) is 0 Å². The molecule has 0 radical (unpaired) electrons. The third kappa shape index (κ3) is 3.77. The van der Waals surface area contributed by atoms with Gasteiger partial charge in [-0.15, -0.1) is 0 Å². The average molecular weight is 456 g/mol. The van der Waals surface area contributed by atoms with E-state index in [4.69, 9.17) is 23.2 Å². The molecule has 0 unspecified atom stereocenters. The van der Waals surface area contributed by atoms with Crippen molar-refractivity contribution in [2.45, 2.75) is 63.5 Å². The second-order valence-electron chi connectivity index (χ2n) is 9.57. The number of carbonyl (C=O) groups is 2. The maximum Gasteiger partial charge on any atom is 0.317 e. The van der Waals surface area contributed by atoms with Crippen molar-refractivity contribution in [2.75, 3.05) is 13.6 Å². The minimum atomic E-state index is -0.545. The Hall–Kier alpha value is -1.53. The van der Waals surface area contributed by atoms with Crippen molar-refractivity contribution in [3.05, 3.63) is 33.6 Å². The summed E-state index contributed by atoms with van der Waals surface area (Å²) >= 11 is 12.6. The van der Waals surface area contributed by atoms with Crippen LogP contribution in [0.5, 0.6) is 0 Å². The van der Waals surface area contributed by atoms with Crippen molar-refractivity contribution < 1.29 is 14.0 Å². The minimum absolute atomic E-state index is 0.0971. The first-order valence-electron chi connectivity index (χ1n) is 10.6. The van der Waals surface area contributed by atoms with E-state index in [2.05, 4.69) is 17.6 Å². The van der Waals surface area contributed by atoms with E-state index in [0.717, 1.165) is 32.1 Å². The summed E-state index contributed by atoms with van der Waals surface area (Å²) < 4.78 is 14.9. The number of benzene rings is 1. The van der Waals surface area contributed by atoms with Gasteiger partial charge in [0.1, 0.15) is 5.82 Å². The number of hydrogen-bond acceptors (Lipinski definition) is 2. The summed E-state index contributed by atoms with van der Waals surface area (Å²) in [5.41, 5.74) is -0.355. The Morgan fingerprint density at radius 2 is 2.00 bits per heavy atom. The number of urea groups is 1. The van der Waals surface area contributed by atoms with Gasteiger partial charge in [0, 0.05) is 25.1 Å². The van der Waals surface area contributed by atoms with Gasteiger partial charge in [0.25, 0.3) is 0 Å². The van der Waals surface area contributed by atoms with Crippen molar-refractivity contribution in [3.63, 3.8) is 0 Å². The van der Waals surface area contributed by atoms with Crippen LogP contribution in [0.25, 0.3) is 0 Å². The molecule has 30 heavy (non-hydrogen) atoms. The van der Waals surface area contributed by atoms with E-state index in [1.165, 1.54) is 12.1 Å². The molecule has 2 aliphatic carbocycles. The molecule has 0 aromatic heterocycles. The van der Waals surface area contributed by atoms with Gasteiger partial charge in [0.15, 0.2) is 0 Å². The van der Waals surface area contributed by atoms with Gasteiger partial charge in [-0.1, -0.05) is 43.0 Å². The average Bonchev–Trinajstić information content (AvgIpc) is 3.38. The number of nitrogens with one attached hydrogen (secondary N) is 2. The van der Waals surface area contributed by atoms with E-state index in [1.54, 1.807) is 11.9 Å². The van der Waals surface area contributed by atoms with E-state index in [-0.39, 0.29) is 44.4 Å². The molecule has 1 heterocycles. The Morgan fingerprint density at radius 3 is 2.63 bits per heavy atom. The molecule has 1 aromatic rings. The van der Waals surface area contributed by atoms with Crippen molar-refractivity contribution in [1.82, 2.24) is 15.5 Å². The van der Waals surface area contributed by atoms with Crippen molar-refractivity contribution >= 4 is 35.1 Å². The monoisotopic (exact) mass is 455 g/mol. The molecule has 1 spiro atoms. The topological polar surface area (TPSA) is 61.4 Å². The number of rotatable bonds is 4. The predicted octanol–water partition coefficient (Wildman–Crippen LogP) is 5.06. The van der Waals surface area contributed by atoms with Crippen LogP contribution in [-0.4, -0.2) is 36.0 Å². The largest absolute Gasteiger partial charge is 0.348 e. The van der Waals surface area contributed by atoms with E-state index in [0.29, 0.717) is 19.4 Å². The highest BCUT2D eigenvalue weighted by atomic mass is 35.5. The second kappa shape index (κ2) is 7.86. The maximum atomic E-state index is 14.9. The van der Waals surface area contributed by atoms with Crippen LogP contribution in [0.15, 0.2) is 12.1 Å². The Balaban J connectivity index is 1.58. The van der Waals surface area contributed by atoms with Gasteiger partial charge in [0.2, 0.25) is 5.91 Å². The summed E-state index contributed by atoms with van der Waals surface area (Å²) in [5, 5.41) is 6.64. The maximum absolute atomic E-state index is 14.9. The first kappa shape index (κ1) is 21.7. The quantitative estimate of drug-likeness (QED) is 0.622. The van der Waals surface area contributed by atoms with Crippen LogP contribution in [0.1, 0.15) is 63.5 Å². The first-order chi connectivity index (χ1) is 14.1. The highest BCUT2D eigenvalue weighted by Gasteiger charge is 2.49. The summed E-state index contributed by atoms with van der Waals surface area (Å²) in [5.74, 6) is -0.787. The molecule has 2 N–H and O–H groups in total. The third-order valence-electron chi connectivity index (χ3n) is 7.34. The summed E-state index contributed by atoms with van der Waals surface area (Å²) in [4.78, 5) is 26.9. The lowest BCUT2D eigenvalue weighted by atomic mass is 9.76. The zero-order chi connectivity index (χ0) is 21.7. The number of amides is 3. The fourth-order valence-electron chi connectivity index (χ4n) is 5.63. The molecule has 8 heteroatoms. The molecular weight excluding hydrogens is 428 g/mol. The van der Waals surface area contributed by atoms with Gasteiger partial charge < -0.3 is 15.5 Å². The molecule has 3 fully saturated rings. The third-order valence-corrected chi connectivity index (χ3v) is 8.15. The van der Waals surface area contributed by atoms with Gasteiger partial charge in [-0.2, -0.15) is 0 Å². The summed E-state index contributed by atoms with van der Waals surface area (Å²) in [7, 11) is 1.76. The Bertz CT molecular complexity index is 874. The van der Waals surface area contributed by atoms with Gasteiger partial charge in [-0.3, -0.25) is 4.79 Å². The second-order valence-corrected chi connectivity index (χ2v) is 10.4. The van der Waals surface area contributed by atoms with Gasteiger partial charge in [0.05, 0.1) is 21.6 Å². The Morgan fingerprint density at radius 1 is 1.30 bits per heavy atom. The van der Waals surface area contributed by atoms with E-state index < -0.39 is 11.9 Å². The molecule has 164 valence electrons. The van der Waals surface area contributed by atoms with Crippen molar-refractivity contribution in [1.29, 1.82) is 0 Å². The van der Waals surface area contributed by atoms with Crippen LogP contribution in [0.4, 0.5) is 9.18 Å². The lowest BCUT2D eigenvalue weighted by molar-refractivity contribution is -0.126. The fraction of sp³-hybridized carbons (Fsp3) is 0.636. The molecule has 1 aliphatic heterocycles. The van der Waals surface area contributed by atoms with Gasteiger partial charge >= 0.3 is 6.03 Å². The fourth-order valence-corrected chi connectivity index (χ4v) is 6.06. The molecule has 1 saturated heterocycles. The van der Waals surface area contributed by atoms with Gasteiger partial charge in [-0.05, 0) is 49.7 Å². The van der Waals surface area contributed by atoms with Crippen LogP contribution in [0.3, 0.4) is 0 Å². The van der Waals surface area contributed by atoms with E-state index >= 15 is 0 Å². The Kier molecular flexibility index (Phi) is 5.69. The smallest absolute Gasteiger partial charge is 0.317 e. The predicted molar refractivity (Wildman–Crippen MR) is 115 cm³/mol. The van der Waals surface area contributed by atoms with Crippen LogP contribution < -0.4 is 10.6 Å². The molecule has 1 aromatic carbocycles. The summed E-state index contributed by atoms with van der Waals surface area (Å²) in [6.07, 6.45) is 5.88. The van der Waals surface area contributed by atoms with E-state index in [1.807, 2.05) is 0 Å². The zero-order valence-electron chi connectivity index (χ0n) is 17.4. The van der Waals surface area contributed by atoms with Crippen LogP contribution in [0.2, 0.25) is 10.0 Å². The molecule has 3 aliphatic rings. The zero-order valence-corrected chi connectivity index (χ0v) is 18.9. The van der Waals surface area contributed by atoms with Crippen LogP contribution in [0, 0.1) is 17.2 Å². The lowest BCUT2D eigenvalue weighted by Gasteiger charge is -2.36. The van der Waals surface area contributed by atoms with Gasteiger partial charge in [-0.25, -0.2) is 9.18 Å². The summed E-state index contributed by atoms with van der Waals surface area (Å²) in [6.45, 7) is 2.69. The standard InChI is InChI=1S/C22H28Cl2FN3O2/c1-21(8-3-4-9-21)18(16-15(25)6-5-14(23)17(16)24)26-19(29)13-7-10-22(11-13)12-28(2)20(30)27-22/h5-6,13,18H,3-4,7-12H2,1-2H3,(H,26,29)(H,27,30)/t13-,18-,22-/m0/s1. The van der Waals surface area contributed by atoms with Crippen molar-refractivity contribution in [2.24, 2.45) is 11.3 Å². The molecule has 2 saturated carbocycles. The minimum Gasteiger partial charge on any atom is -0.348 e. The Labute approximate surface area is 186 Å². The molecule has 0 bridgehead atoms. The highest BCUT2D eigenvalue weighted by Crippen LogP contribution is 2.50. The molecule has 5 nitrogen and oxygen atoms in total. The molecule has 3 atom stereocenters. The number of carbonyl (C=O) groups excluding carboxylic acids is 2. The highest BCUT2D eigenvalue weighted by molar-refractivity contribution is 6.42. The lowest BCUT2D eigenvalue weighted by Crippen LogP contribution is -2.44. The number of halogens is 3. The van der Waals surface area contributed by atoms with Crippen LogP contribution >= 0.6 is 23.2 Å². The summed E-state index contributed by atoms with van der Waals surface area (Å²) in [6, 6.07) is 2.12. The number of likely N-dealkylation sites (N-methyl/N-ethyl adjacent to an activating group) is 1. The molecule has 4 rings (SSSR count). The number of nitrogens with zero attached hydrogens (tertiary/aromatic N) is 1. The normalized spacial score (nSPS) is 28.8. The first-order valence-corrected chi connectivity index (χ1v) is 11.4. The number of hydrogen-bond donors (Lipinski definition) is 2. The molecule has 3 amide bonds. The van der Waals surface area contributed by atoms with E-state index in [9.17, 15) is 14.0 Å². The van der Waals surface area contributed by atoms with Crippen LogP contribution in [-0.2, 0) is 4.79 Å². The SMILES string of the molecule is CN1C[C@@]2(CC[C@H](C(=O)N[C@@H](c3c(F)ccc(Cl)c3Cl)C3(C)CCCC3)C2)NC1=O.